The standard InChI is InChI=1S/C16H16FNO3/c1-20-14-7-6-10(8-12(14)17)9-13(19)11-4-3-5-15(21-2)16(11)18/h3-8H,9,18H2,1-2H3. The highest BCUT2D eigenvalue weighted by Crippen LogP contribution is 2.26. The third-order valence-corrected chi connectivity index (χ3v) is 3.17. The van der Waals surface area contributed by atoms with E-state index in [1.54, 1.807) is 24.3 Å². The fraction of sp³-hybridized carbons (Fsp3) is 0.188. The fourth-order valence-corrected chi connectivity index (χ4v) is 2.07. The lowest BCUT2D eigenvalue weighted by molar-refractivity contribution is 0.0993. The van der Waals surface area contributed by atoms with Gasteiger partial charge in [-0.2, -0.15) is 0 Å². The molecule has 0 saturated carbocycles. The third-order valence-electron chi connectivity index (χ3n) is 3.17. The van der Waals surface area contributed by atoms with Crippen molar-refractivity contribution >= 4 is 11.5 Å². The van der Waals surface area contributed by atoms with Crippen molar-refractivity contribution in [1.82, 2.24) is 0 Å². The van der Waals surface area contributed by atoms with Crippen LogP contribution in [-0.2, 0) is 6.42 Å². The van der Waals surface area contributed by atoms with E-state index in [9.17, 15) is 9.18 Å². The molecule has 5 heteroatoms. The molecule has 21 heavy (non-hydrogen) atoms. The summed E-state index contributed by atoms with van der Waals surface area (Å²) in [6.07, 6.45) is 0.0539. The van der Waals surface area contributed by atoms with Gasteiger partial charge in [-0.15, -0.1) is 0 Å². The van der Waals surface area contributed by atoms with Crippen LogP contribution in [0.25, 0.3) is 0 Å². The number of ketones is 1. The highest BCUT2D eigenvalue weighted by Gasteiger charge is 2.14. The number of carbonyl (C=O) groups is 1. The van der Waals surface area contributed by atoms with E-state index >= 15 is 0 Å². The lowest BCUT2D eigenvalue weighted by Gasteiger charge is -2.09. The Morgan fingerprint density at radius 2 is 1.86 bits per heavy atom. The van der Waals surface area contributed by atoms with Crippen LogP contribution in [0.2, 0.25) is 0 Å². The van der Waals surface area contributed by atoms with Crippen molar-refractivity contribution in [1.29, 1.82) is 0 Å². The van der Waals surface area contributed by atoms with Crippen molar-refractivity contribution in [3.8, 4) is 11.5 Å². The van der Waals surface area contributed by atoms with Crippen LogP contribution in [0.4, 0.5) is 10.1 Å². The van der Waals surface area contributed by atoms with E-state index in [-0.39, 0.29) is 18.0 Å². The van der Waals surface area contributed by atoms with Gasteiger partial charge < -0.3 is 15.2 Å². The van der Waals surface area contributed by atoms with E-state index in [4.69, 9.17) is 15.2 Å². The average molecular weight is 289 g/mol. The maximum Gasteiger partial charge on any atom is 0.169 e. The highest BCUT2D eigenvalue weighted by molar-refractivity contribution is 6.03. The third kappa shape index (κ3) is 3.13. The number of Topliss-reactive ketones (excluding diaryl/α,β-unsaturated/α-hetero) is 1. The zero-order chi connectivity index (χ0) is 15.4. The molecule has 110 valence electrons. The second kappa shape index (κ2) is 6.26. The van der Waals surface area contributed by atoms with Crippen LogP contribution in [0.15, 0.2) is 36.4 Å². The Hall–Kier alpha value is -2.56. The average Bonchev–Trinajstić information content (AvgIpc) is 2.47. The summed E-state index contributed by atoms with van der Waals surface area (Å²) < 4.78 is 23.5. The highest BCUT2D eigenvalue weighted by atomic mass is 19.1. The first-order chi connectivity index (χ1) is 10.1. The molecular formula is C16H16FNO3. The normalized spacial score (nSPS) is 10.2. The predicted octanol–water partition coefficient (Wildman–Crippen LogP) is 2.85. The molecule has 0 atom stereocenters. The van der Waals surface area contributed by atoms with Crippen molar-refractivity contribution in [3.05, 3.63) is 53.3 Å². The van der Waals surface area contributed by atoms with Crippen LogP contribution < -0.4 is 15.2 Å². The first-order valence-electron chi connectivity index (χ1n) is 6.35. The summed E-state index contributed by atoms with van der Waals surface area (Å²) in [5.74, 6) is -0.105. The van der Waals surface area contributed by atoms with Gasteiger partial charge >= 0.3 is 0 Å². The number of nitrogens with two attached hydrogens (primary N) is 1. The first kappa shape index (κ1) is 14.8. The van der Waals surface area contributed by atoms with E-state index in [0.29, 0.717) is 22.6 Å². The molecule has 0 saturated heterocycles. The van der Waals surface area contributed by atoms with Crippen LogP contribution in [0, 0.1) is 5.82 Å². The number of halogens is 1. The van der Waals surface area contributed by atoms with Gasteiger partial charge in [0, 0.05) is 12.0 Å². The van der Waals surface area contributed by atoms with Gasteiger partial charge in [-0.1, -0.05) is 12.1 Å². The molecule has 0 radical (unpaired) electrons. The molecular weight excluding hydrogens is 273 g/mol. The van der Waals surface area contributed by atoms with E-state index < -0.39 is 5.82 Å². The van der Waals surface area contributed by atoms with Crippen molar-refractivity contribution < 1.29 is 18.7 Å². The number of benzene rings is 2. The molecule has 0 aliphatic heterocycles. The number of anilines is 1. The van der Waals surface area contributed by atoms with Crippen LogP contribution in [-0.4, -0.2) is 20.0 Å². The second-order valence-corrected chi connectivity index (χ2v) is 4.49. The molecule has 2 rings (SSSR count). The maximum atomic E-state index is 13.6. The SMILES string of the molecule is COc1ccc(CC(=O)c2cccc(OC)c2N)cc1F. The van der Waals surface area contributed by atoms with Crippen LogP contribution >= 0.6 is 0 Å². The summed E-state index contributed by atoms with van der Waals surface area (Å²) >= 11 is 0. The van der Waals surface area contributed by atoms with Gasteiger partial charge in [-0.05, 0) is 29.8 Å². The van der Waals surface area contributed by atoms with Gasteiger partial charge in [0.2, 0.25) is 0 Å². The molecule has 0 fully saturated rings. The largest absolute Gasteiger partial charge is 0.495 e. The fourth-order valence-electron chi connectivity index (χ4n) is 2.07. The van der Waals surface area contributed by atoms with E-state index in [0.717, 1.165) is 0 Å². The number of nitrogen functional groups attached to an aromatic ring is 1. The summed E-state index contributed by atoms with van der Waals surface area (Å²) in [4.78, 5) is 12.3. The minimum atomic E-state index is -0.499. The first-order valence-corrected chi connectivity index (χ1v) is 6.35. The molecule has 0 aliphatic carbocycles. The summed E-state index contributed by atoms with van der Waals surface area (Å²) in [7, 11) is 2.87. The topological polar surface area (TPSA) is 61.5 Å². The number of hydrogen-bond acceptors (Lipinski definition) is 4. The predicted molar refractivity (Wildman–Crippen MR) is 78.4 cm³/mol. The summed E-state index contributed by atoms with van der Waals surface area (Å²) in [6, 6.07) is 9.42. The van der Waals surface area contributed by atoms with Gasteiger partial charge in [0.15, 0.2) is 17.3 Å². The molecule has 2 aromatic carbocycles. The minimum Gasteiger partial charge on any atom is -0.495 e. The van der Waals surface area contributed by atoms with Crippen molar-refractivity contribution in [2.24, 2.45) is 0 Å². The Morgan fingerprint density at radius 3 is 2.48 bits per heavy atom. The summed E-state index contributed by atoms with van der Waals surface area (Å²) in [6.45, 7) is 0. The molecule has 0 spiro atoms. The number of rotatable bonds is 5. The summed E-state index contributed by atoms with van der Waals surface area (Å²) in [5.41, 5.74) is 7.10. The smallest absolute Gasteiger partial charge is 0.169 e. The molecule has 2 N–H and O–H groups in total. The van der Waals surface area contributed by atoms with Gasteiger partial charge in [0.05, 0.1) is 19.9 Å². The van der Waals surface area contributed by atoms with Crippen molar-refractivity contribution in [2.45, 2.75) is 6.42 Å². The molecule has 0 bridgehead atoms. The summed E-state index contributed by atoms with van der Waals surface area (Å²) in [5, 5.41) is 0. The number of methoxy groups -OCH3 is 2. The van der Waals surface area contributed by atoms with Crippen LogP contribution in [0.3, 0.4) is 0 Å². The van der Waals surface area contributed by atoms with Gasteiger partial charge in [-0.25, -0.2) is 4.39 Å². The van der Waals surface area contributed by atoms with Gasteiger partial charge in [-0.3, -0.25) is 4.79 Å². The van der Waals surface area contributed by atoms with Gasteiger partial charge in [0.1, 0.15) is 5.75 Å². The Balaban J connectivity index is 2.24. The number of para-hydroxylation sites is 1. The van der Waals surface area contributed by atoms with Crippen LogP contribution in [0.1, 0.15) is 15.9 Å². The number of ether oxygens (including phenoxy) is 2. The maximum absolute atomic E-state index is 13.6. The Morgan fingerprint density at radius 1 is 1.14 bits per heavy atom. The number of carbonyl (C=O) groups excluding carboxylic acids is 1. The van der Waals surface area contributed by atoms with Gasteiger partial charge in [0.25, 0.3) is 0 Å². The van der Waals surface area contributed by atoms with Crippen molar-refractivity contribution in [2.75, 3.05) is 20.0 Å². The molecule has 0 heterocycles. The van der Waals surface area contributed by atoms with E-state index in [1.807, 2.05) is 0 Å². The molecule has 2 aromatic rings. The number of hydrogen-bond donors (Lipinski definition) is 1. The minimum absolute atomic E-state index is 0.0539. The second-order valence-electron chi connectivity index (χ2n) is 4.49. The molecule has 0 unspecified atom stereocenters. The zero-order valence-electron chi connectivity index (χ0n) is 11.9. The van der Waals surface area contributed by atoms with E-state index in [2.05, 4.69) is 0 Å². The lowest BCUT2D eigenvalue weighted by Crippen LogP contribution is -2.08. The molecule has 4 nitrogen and oxygen atoms in total. The van der Waals surface area contributed by atoms with Crippen LogP contribution in [0.5, 0.6) is 11.5 Å². The molecule has 0 aromatic heterocycles. The zero-order valence-corrected chi connectivity index (χ0v) is 11.9. The Labute approximate surface area is 122 Å². The molecule has 0 amide bonds. The Kier molecular flexibility index (Phi) is 4.42. The lowest BCUT2D eigenvalue weighted by atomic mass is 10.0. The quantitative estimate of drug-likeness (QED) is 0.679. The molecule has 0 aliphatic rings. The van der Waals surface area contributed by atoms with Crippen molar-refractivity contribution in [3.63, 3.8) is 0 Å². The monoisotopic (exact) mass is 289 g/mol. The van der Waals surface area contributed by atoms with E-state index in [1.165, 1.54) is 26.4 Å². The Bertz CT molecular complexity index is 671.